The predicted octanol–water partition coefficient (Wildman–Crippen LogP) is 3.58. The summed E-state index contributed by atoms with van der Waals surface area (Å²) in [4.78, 5) is 2.32. The molecule has 1 N–H and O–H groups in total. The number of benzene rings is 2. The zero-order chi connectivity index (χ0) is 18.8. The van der Waals surface area contributed by atoms with Gasteiger partial charge in [-0.25, -0.2) is 4.83 Å². The van der Waals surface area contributed by atoms with E-state index in [2.05, 4.69) is 16.9 Å². The SMILES string of the molecule is CCCCOc1ccc(C=NNS(=O)(=O)c2ccc(OCC)cc2)cc1. The van der Waals surface area contributed by atoms with Crippen molar-refractivity contribution in [1.82, 2.24) is 4.83 Å². The standard InChI is InChI=1S/C19H24N2O4S/c1-3-5-14-25-18-8-6-16(7-9-18)15-20-21-26(22,23)19-12-10-17(11-13-19)24-4-2/h6-13,15,21H,3-5,14H2,1-2H3. The molecule has 0 bridgehead atoms. The maximum Gasteiger partial charge on any atom is 0.276 e. The summed E-state index contributed by atoms with van der Waals surface area (Å²) < 4.78 is 35.3. The molecule has 2 aromatic rings. The van der Waals surface area contributed by atoms with Crippen molar-refractivity contribution in [2.45, 2.75) is 31.6 Å². The van der Waals surface area contributed by atoms with Gasteiger partial charge in [0.25, 0.3) is 10.0 Å². The normalized spacial score (nSPS) is 11.5. The first kappa shape index (κ1) is 19.8. The van der Waals surface area contributed by atoms with Crippen molar-refractivity contribution in [3.8, 4) is 11.5 Å². The molecule has 6 nitrogen and oxygen atoms in total. The van der Waals surface area contributed by atoms with Crippen molar-refractivity contribution < 1.29 is 17.9 Å². The lowest BCUT2D eigenvalue weighted by molar-refractivity contribution is 0.309. The quantitative estimate of drug-likeness (QED) is 0.391. The summed E-state index contributed by atoms with van der Waals surface area (Å²) in [6, 6.07) is 13.5. The highest BCUT2D eigenvalue weighted by Crippen LogP contribution is 2.16. The van der Waals surface area contributed by atoms with Crippen molar-refractivity contribution in [2.24, 2.45) is 5.10 Å². The van der Waals surface area contributed by atoms with Gasteiger partial charge in [0.15, 0.2) is 0 Å². The number of nitrogens with one attached hydrogen (secondary N) is 1. The predicted molar refractivity (Wildman–Crippen MR) is 102 cm³/mol. The van der Waals surface area contributed by atoms with Crippen LogP contribution >= 0.6 is 0 Å². The molecule has 0 aliphatic rings. The lowest BCUT2D eigenvalue weighted by Crippen LogP contribution is -2.18. The Balaban J connectivity index is 1.93. The first-order valence-electron chi connectivity index (χ1n) is 8.55. The van der Waals surface area contributed by atoms with E-state index < -0.39 is 10.0 Å². The molecule has 140 valence electrons. The summed E-state index contributed by atoms with van der Waals surface area (Å²) in [5, 5.41) is 3.82. The number of ether oxygens (including phenoxy) is 2. The summed E-state index contributed by atoms with van der Waals surface area (Å²) in [5.41, 5.74) is 0.766. The van der Waals surface area contributed by atoms with Crippen molar-refractivity contribution in [2.75, 3.05) is 13.2 Å². The minimum Gasteiger partial charge on any atom is -0.494 e. The maximum atomic E-state index is 12.2. The van der Waals surface area contributed by atoms with Gasteiger partial charge in [0.1, 0.15) is 11.5 Å². The molecule has 0 heterocycles. The molecule has 7 heteroatoms. The van der Waals surface area contributed by atoms with Gasteiger partial charge >= 0.3 is 0 Å². The molecule has 0 spiro atoms. The number of sulfonamides is 1. The third kappa shape index (κ3) is 6.07. The van der Waals surface area contributed by atoms with E-state index in [4.69, 9.17) is 9.47 Å². The summed E-state index contributed by atoms with van der Waals surface area (Å²) in [5.74, 6) is 1.40. The summed E-state index contributed by atoms with van der Waals surface area (Å²) >= 11 is 0. The summed E-state index contributed by atoms with van der Waals surface area (Å²) in [6.07, 6.45) is 3.54. The Kier molecular flexibility index (Phi) is 7.47. The molecule has 0 fully saturated rings. The summed E-state index contributed by atoms with van der Waals surface area (Å²) in [6.45, 7) is 5.19. The van der Waals surface area contributed by atoms with Gasteiger partial charge in [-0.1, -0.05) is 13.3 Å². The van der Waals surface area contributed by atoms with Gasteiger partial charge in [-0.05, 0) is 67.4 Å². The zero-order valence-corrected chi connectivity index (χ0v) is 15.8. The summed E-state index contributed by atoms with van der Waals surface area (Å²) in [7, 11) is -3.71. The first-order chi connectivity index (χ1) is 12.5. The monoisotopic (exact) mass is 376 g/mol. The molecular formula is C19H24N2O4S. The Morgan fingerprint density at radius 3 is 2.19 bits per heavy atom. The average Bonchev–Trinajstić information content (AvgIpc) is 2.64. The Bertz CT molecular complexity index is 800. The van der Waals surface area contributed by atoms with Crippen LogP contribution in [0.1, 0.15) is 32.3 Å². The van der Waals surface area contributed by atoms with E-state index in [1.807, 2.05) is 31.2 Å². The highest BCUT2D eigenvalue weighted by atomic mass is 32.2. The average molecular weight is 376 g/mol. The molecule has 26 heavy (non-hydrogen) atoms. The van der Waals surface area contributed by atoms with E-state index in [1.165, 1.54) is 18.3 Å². The van der Waals surface area contributed by atoms with Crippen molar-refractivity contribution in [3.63, 3.8) is 0 Å². The minimum atomic E-state index is -3.71. The smallest absolute Gasteiger partial charge is 0.276 e. The third-order valence-electron chi connectivity index (χ3n) is 3.48. The van der Waals surface area contributed by atoms with Crippen LogP contribution in [0.5, 0.6) is 11.5 Å². The van der Waals surface area contributed by atoms with Gasteiger partial charge in [-0.15, -0.1) is 0 Å². The van der Waals surface area contributed by atoms with Crippen molar-refractivity contribution in [3.05, 3.63) is 54.1 Å². The molecule has 2 rings (SSSR count). The molecule has 0 saturated heterocycles. The first-order valence-corrected chi connectivity index (χ1v) is 10.0. The lowest BCUT2D eigenvalue weighted by atomic mass is 10.2. The molecule has 0 unspecified atom stereocenters. The molecule has 0 aliphatic heterocycles. The molecular weight excluding hydrogens is 352 g/mol. The van der Waals surface area contributed by atoms with Gasteiger partial charge < -0.3 is 9.47 Å². The van der Waals surface area contributed by atoms with Crippen LogP contribution in [0.25, 0.3) is 0 Å². The lowest BCUT2D eigenvalue weighted by Gasteiger charge is -2.06. The number of unbranched alkanes of at least 4 members (excludes halogenated alkanes) is 1. The molecule has 0 aliphatic carbocycles. The highest BCUT2D eigenvalue weighted by Gasteiger charge is 2.12. The van der Waals surface area contributed by atoms with Gasteiger partial charge in [0, 0.05) is 0 Å². The fourth-order valence-electron chi connectivity index (χ4n) is 2.09. The van der Waals surface area contributed by atoms with Crippen LogP contribution in [-0.2, 0) is 10.0 Å². The second-order valence-electron chi connectivity index (χ2n) is 5.53. The number of rotatable bonds is 10. The van der Waals surface area contributed by atoms with Gasteiger partial charge in [-0.2, -0.15) is 13.5 Å². The van der Waals surface area contributed by atoms with Crippen LogP contribution < -0.4 is 14.3 Å². The second-order valence-corrected chi connectivity index (χ2v) is 7.19. The minimum absolute atomic E-state index is 0.123. The molecule has 0 atom stereocenters. The Morgan fingerprint density at radius 2 is 1.58 bits per heavy atom. The van der Waals surface area contributed by atoms with Crippen LogP contribution in [0, 0.1) is 0 Å². The molecule has 0 saturated carbocycles. The largest absolute Gasteiger partial charge is 0.494 e. The van der Waals surface area contributed by atoms with E-state index in [9.17, 15) is 8.42 Å². The zero-order valence-electron chi connectivity index (χ0n) is 15.0. The molecule has 0 aromatic heterocycles. The Morgan fingerprint density at radius 1 is 0.962 bits per heavy atom. The maximum absolute atomic E-state index is 12.2. The number of hydrogen-bond donors (Lipinski definition) is 1. The van der Waals surface area contributed by atoms with Crippen LogP contribution in [0.2, 0.25) is 0 Å². The fourth-order valence-corrected chi connectivity index (χ4v) is 2.88. The number of hydrogen-bond acceptors (Lipinski definition) is 5. The van der Waals surface area contributed by atoms with E-state index in [0.717, 1.165) is 24.2 Å². The van der Waals surface area contributed by atoms with E-state index in [0.29, 0.717) is 19.0 Å². The molecule has 2 aromatic carbocycles. The third-order valence-corrected chi connectivity index (χ3v) is 4.72. The van der Waals surface area contributed by atoms with Crippen LogP contribution in [0.15, 0.2) is 58.5 Å². The Labute approximate surface area is 154 Å². The highest BCUT2D eigenvalue weighted by molar-refractivity contribution is 7.89. The Hall–Kier alpha value is -2.54. The number of nitrogens with zero attached hydrogens (tertiary/aromatic N) is 1. The van der Waals surface area contributed by atoms with Crippen LogP contribution in [0.3, 0.4) is 0 Å². The second kappa shape index (κ2) is 9.82. The van der Waals surface area contributed by atoms with Gasteiger partial charge in [0.05, 0.1) is 24.3 Å². The van der Waals surface area contributed by atoms with Crippen molar-refractivity contribution in [1.29, 1.82) is 0 Å². The molecule has 0 radical (unpaired) electrons. The van der Waals surface area contributed by atoms with E-state index in [-0.39, 0.29) is 4.90 Å². The topological polar surface area (TPSA) is 77.0 Å². The van der Waals surface area contributed by atoms with E-state index >= 15 is 0 Å². The van der Waals surface area contributed by atoms with Crippen LogP contribution in [0.4, 0.5) is 0 Å². The van der Waals surface area contributed by atoms with Crippen molar-refractivity contribution >= 4 is 16.2 Å². The van der Waals surface area contributed by atoms with Crippen LogP contribution in [-0.4, -0.2) is 27.8 Å². The number of hydrazone groups is 1. The van der Waals surface area contributed by atoms with Gasteiger partial charge in [0.2, 0.25) is 0 Å². The molecule has 0 amide bonds. The fraction of sp³-hybridized carbons (Fsp3) is 0.316. The van der Waals surface area contributed by atoms with Gasteiger partial charge in [-0.3, -0.25) is 0 Å². The van der Waals surface area contributed by atoms with E-state index in [1.54, 1.807) is 12.1 Å².